The zero-order chi connectivity index (χ0) is 27.7. The van der Waals surface area contributed by atoms with Gasteiger partial charge in [0.25, 0.3) is 0 Å². The van der Waals surface area contributed by atoms with E-state index in [1.807, 2.05) is 0 Å². The van der Waals surface area contributed by atoms with Crippen LogP contribution in [0.25, 0.3) is 0 Å². The highest BCUT2D eigenvalue weighted by atomic mass is 32.2. The molecule has 2 aromatic rings. The average molecular weight is 558 g/mol. The van der Waals surface area contributed by atoms with Crippen LogP contribution >= 0.6 is 0 Å². The van der Waals surface area contributed by atoms with Crippen molar-refractivity contribution in [3.8, 4) is 0 Å². The maximum atomic E-state index is 14.8. The van der Waals surface area contributed by atoms with Crippen molar-refractivity contribution in [1.29, 1.82) is 0 Å². The molecule has 2 fully saturated rings. The molecule has 4 atom stereocenters. The van der Waals surface area contributed by atoms with Crippen LogP contribution in [0, 0.1) is 17.7 Å². The van der Waals surface area contributed by atoms with Crippen molar-refractivity contribution >= 4 is 15.7 Å². The molecule has 206 valence electrons. The molecule has 5 rings (SSSR count). The van der Waals surface area contributed by atoms with E-state index < -0.39 is 55.7 Å². The van der Waals surface area contributed by atoms with Crippen molar-refractivity contribution in [2.24, 2.45) is 11.8 Å². The van der Waals surface area contributed by atoms with Gasteiger partial charge in [0.15, 0.2) is 9.84 Å². The lowest BCUT2D eigenvalue weighted by molar-refractivity contribution is -0.228. The third-order valence-corrected chi connectivity index (χ3v) is 11.3. The molecule has 0 radical (unpaired) electrons. The van der Waals surface area contributed by atoms with Crippen LogP contribution < -0.4 is 5.32 Å². The van der Waals surface area contributed by atoms with Crippen LogP contribution in [0.2, 0.25) is 0 Å². The lowest BCUT2D eigenvalue weighted by Crippen LogP contribution is -2.51. The van der Waals surface area contributed by atoms with Crippen LogP contribution in [0.15, 0.2) is 47.4 Å². The van der Waals surface area contributed by atoms with Gasteiger partial charge in [0, 0.05) is 12.0 Å². The van der Waals surface area contributed by atoms with Crippen LogP contribution in [-0.2, 0) is 31.5 Å². The number of aryl methyl sites for hydroxylation is 1. The topological polar surface area (TPSA) is 83.5 Å². The molecule has 1 amide bonds. The second-order valence-corrected chi connectivity index (χ2v) is 13.0. The Kier molecular flexibility index (Phi) is 6.41. The van der Waals surface area contributed by atoms with Crippen LogP contribution in [0.3, 0.4) is 0 Å². The number of amides is 1. The molecule has 2 N–H and O–H groups in total. The number of sulfone groups is 1. The number of hydrogen-bond acceptors (Lipinski definition) is 4. The van der Waals surface area contributed by atoms with E-state index >= 15 is 0 Å². The Morgan fingerprint density at radius 3 is 2.32 bits per heavy atom. The summed E-state index contributed by atoms with van der Waals surface area (Å²) in [6, 6.07) is 7.43. The molecule has 0 bridgehead atoms. The quantitative estimate of drug-likeness (QED) is 0.407. The number of fused-ring (bicyclic) bond motifs is 3. The summed E-state index contributed by atoms with van der Waals surface area (Å²) in [6.45, 7) is 0.429. The summed E-state index contributed by atoms with van der Waals surface area (Å²) in [5.41, 5.74) is -3.70. The maximum absolute atomic E-state index is 14.8. The van der Waals surface area contributed by atoms with E-state index in [4.69, 9.17) is 0 Å². The number of halogens is 5. The van der Waals surface area contributed by atoms with Crippen LogP contribution in [0.5, 0.6) is 0 Å². The number of aliphatic hydroxyl groups is 1. The number of benzene rings is 2. The first-order valence-electron chi connectivity index (χ1n) is 12.6. The lowest BCUT2D eigenvalue weighted by Gasteiger charge is -2.43. The molecule has 2 saturated carbocycles. The lowest BCUT2D eigenvalue weighted by atomic mass is 9.72. The van der Waals surface area contributed by atoms with E-state index in [9.17, 15) is 40.3 Å². The molecule has 0 aromatic heterocycles. The molecule has 0 aliphatic heterocycles. The normalized spacial score (nSPS) is 30.5. The van der Waals surface area contributed by atoms with E-state index in [1.165, 1.54) is 6.07 Å². The van der Waals surface area contributed by atoms with E-state index in [1.54, 1.807) is 0 Å². The number of aliphatic hydroxyl groups excluding tert-OH is 1. The standard InChI is InChI=1S/C27H28F5NO4S/c1-25(29,27(30,31)32)16-3-9-22-15(12-16)2-8-23-21(24(35)33-18-13-19(34)14-18)10-11-26(22,23)38(36,37)20-6-4-17(28)5-7-20/h3-7,9,12,18-19,21,23,34H,2,8,10-11,13-14H2,1H3,(H,33,35)/t18-,19+,21-,23+,25?,26-/m1/s1. The molecule has 38 heavy (non-hydrogen) atoms. The van der Waals surface area contributed by atoms with Gasteiger partial charge in [0.1, 0.15) is 10.6 Å². The Labute approximate surface area is 217 Å². The van der Waals surface area contributed by atoms with Gasteiger partial charge in [0.2, 0.25) is 11.6 Å². The molecule has 3 aliphatic rings. The minimum absolute atomic E-state index is 0.0290. The van der Waals surface area contributed by atoms with Crippen molar-refractivity contribution in [3.05, 3.63) is 65.0 Å². The molecule has 1 unspecified atom stereocenters. The molecule has 0 heterocycles. The average Bonchev–Trinajstić information content (AvgIpc) is 3.24. The highest BCUT2D eigenvalue weighted by Gasteiger charge is 2.62. The van der Waals surface area contributed by atoms with Crippen molar-refractivity contribution in [2.45, 2.75) is 79.1 Å². The smallest absolute Gasteiger partial charge is 0.393 e. The Morgan fingerprint density at radius 2 is 1.71 bits per heavy atom. The van der Waals surface area contributed by atoms with Crippen molar-refractivity contribution in [3.63, 3.8) is 0 Å². The predicted octanol–water partition coefficient (Wildman–Crippen LogP) is 4.85. The molecule has 0 spiro atoms. The molecular weight excluding hydrogens is 529 g/mol. The van der Waals surface area contributed by atoms with Crippen LogP contribution in [0.4, 0.5) is 22.0 Å². The first-order valence-corrected chi connectivity index (χ1v) is 14.0. The summed E-state index contributed by atoms with van der Waals surface area (Å²) in [6.07, 6.45) is -4.22. The third-order valence-electron chi connectivity index (χ3n) is 8.67. The Hall–Kier alpha value is -2.53. The molecule has 0 saturated heterocycles. The largest absolute Gasteiger partial charge is 0.426 e. The van der Waals surface area contributed by atoms with Gasteiger partial charge in [-0.25, -0.2) is 17.2 Å². The van der Waals surface area contributed by atoms with Gasteiger partial charge in [0.05, 0.1) is 11.0 Å². The fourth-order valence-corrected chi connectivity index (χ4v) is 8.93. The molecule has 11 heteroatoms. The fraction of sp³-hybridized carbons (Fsp3) is 0.519. The van der Waals surface area contributed by atoms with E-state index in [0.717, 1.165) is 36.4 Å². The van der Waals surface area contributed by atoms with Gasteiger partial charge in [-0.15, -0.1) is 0 Å². The van der Waals surface area contributed by atoms with E-state index in [-0.39, 0.29) is 48.1 Å². The van der Waals surface area contributed by atoms with Crippen molar-refractivity contribution in [1.82, 2.24) is 5.32 Å². The highest BCUT2D eigenvalue weighted by Crippen LogP contribution is 2.59. The van der Waals surface area contributed by atoms with Crippen LogP contribution in [-0.4, -0.2) is 37.8 Å². The number of nitrogens with one attached hydrogen (secondary N) is 1. The fourth-order valence-electron chi connectivity index (χ4n) is 6.46. The molecule has 3 aliphatic carbocycles. The monoisotopic (exact) mass is 557 g/mol. The maximum Gasteiger partial charge on any atom is 0.426 e. The summed E-state index contributed by atoms with van der Waals surface area (Å²) < 4.78 is 95.6. The minimum atomic E-state index is -5.16. The SMILES string of the molecule is CC(F)(c1ccc2c(c1)CC[C@H]1[C@H](C(=O)N[C@H]3C[C@@H](O)C3)CC[C@@]21S(=O)(=O)c1ccc(F)cc1)C(F)(F)F. The Morgan fingerprint density at radius 1 is 1.05 bits per heavy atom. The van der Waals surface area contributed by atoms with Gasteiger partial charge in [-0.1, -0.05) is 18.2 Å². The van der Waals surface area contributed by atoms with Gasteiger partial charge in [-0.05, 0) is 92.3 Å². The summed E-state index contributed by atoms with van der Waals surface area (Å²) in [5.74, 6) is -2.33. The molecule has 2 aromatic carbocycles. The summed E-state index contributed by atoms with van der Waals surface area (Å²) in [5, 5.41) is 12.5. The molecule has 5 nitrogen and oxygen atoms in total. The van der Waals surface area contributed by atoms with Crippen LogP contribution in [0.1, 0.15) is 55.7 Å². The number of rotatable bonds is 5. The van der Waals surface area contributed by atoms with Gasteiger partial charge in [-0.2, -0.15) is 13.2 Å². The molecular formula is C27H28F5NO4S. The number of carbonyl (C=O) groups excluding carboxylic acids is 1. The van der Waals surface area contributed by atoms with Gasteiger partial charge >= 0.3 is 6.18 Å². The first kappa shape index (κ1) is 27.1. The number of carbonyl (C=O) groups is 1. The van der Waals surface area contributed by atoms with Gasteiger partial charge in [-0.3, -0.25) is 4.79 Å². The first-order chi connectivity index (χ1) is 17.7. The van der Waals surface area contributed by atoms with Gasteiger partial charge < -0.3 is 10.4 Å². The van der Waals surface area contributed by atoms with Crippen molar-refractivity contribution in [2.75, 3.05) is 0 Å². The number of alkyl halides is 4. The summed E-state index contributed by atoms with van der Waals surface area (Å²) in [7, 11) is -4.27. The van der Waals surface area contributed by atoms with Crippen molar-refractivity contribution < 1.29 is 40.3 Å². The second-order valence-electron chi connectivity index (χ2n) is 10.8. The van der Waals surface area contributed by atoms with E-state index in [2.05, 4.69) is 5.32 Å². The van der Waals surface area contributed by atoms with E-state index in [0.29, 0.717) is 25.3 Å². The second kappa shape index (κ2) is 9.01. The highest BCUT2D eigenvalue weighted by molar-refractivity contribution is 7.92. The zero-order valence-corrected chi connectivity index (χ0v) is 21.4. The Bertz CT molecular complexity index is 1350. The predicted molar refractivity (Wildman–Crippen MR) is 128 cm³/mol. The third kappa shape index (κ3) is 4.04. The minimum Gasteiger partial charge on any atom is -0.393 e. The zero-order valence-electron chi connectivity index (χ0n) is 20.6. The summed E-state index contributed by atoms with van der Waals surface area (Å²) >= 11 is 0. The number of hydrogen-bond donors (Lipinski definition) is 2. The Balaban J connectivity index is 1.61. The summed E-state index contributed by atoms with van der Waals surface area (Å²) in [4.78, 5) is 13.1.